The molecule has 0 saturated carbocycles. The molecule has 0 aromatic carbocycles. The van der Waals surface area contributed by atoms with Gasteiger partial charge in [-0.05, 0) is 25.1 Å². The lowest BCUT2D eigenvalue weighted by molar-refractivity contribution is 0.460. The molecular formula is C15H26N2. The van der Waals surface area contributed by atoms with Gasteiger partial charge < -0.3 is 5.32 Å². The summed E-state index contributed by atoms with van der Waals surface area (Å²) >= 11 is 0. The largest absolute Gasteiger partial charge is 0.314 e. The summed E-state index contributed by atoms with van der Waals surface area (Å²) in [5.41, 5.74) is 1.20. The van der Waals surface area contributed by atoms with Crippen LogP contribution in [0.25, 0.3) is 0 Å². The second-order valence-electron chi connectivity index (χ2n) is 4.63. The predicted octanol–water partition coefficient (Wildman–Crippen LogP) is 3.57. The van der Waals surface area contributed by atoms with E-state index >= 15 is 0 Å². The summed E-state index contributed by atoms with van der Waals surface area (Å²) in [5, 5.41) is 3.57. The number of hydrogen-bond donors (Lipinski definition) is 1. The summed E-state index contributed by atoms with van der Waals surface area (Å²) < 4.78 is 0. The first-order valence-corrected chi connectivity index (χ1v) is 7.00. The third-order valence-electron chi connectivity index (χ3n) is 3.08. The third kappa shape index (κ3) is 6.42. The minimum atomic E-state index is 0.590. The van der Waals surface area contributed by atoms with Crippen molar-refractivity contribution in [2.24, 2.45) is 0 Å². The van der Waals surface area contributed by atoms with Crippen molar-refractivity contribution in [3.8, 4) is 0 Å². The van der Waals surface area contributed by atoms with Crippen molar-refractivity contribution in [3.63, 3.8) is 0 Å². The molecule has 0 fully saturated rings. The number of nitrogens with zero attached hydrogens (tertiary/aromatic N) is 1. The maximum absolute atomic E-state index is 4.41. The lowest BCUT2D eigenvalue weighted by Crippen LogP contribution is -2.31. The first-order chi connectivity index (χ1) is 8.36. The average molecular weight is 234 g/mol. The molecule has 0 aliphatic carbocycles. The molecule has 96 valence electrons. The highest BCUT2D eigenvalue weighted by Gasteiger charge is 2.08. The molecule has 0 bridgehead atoms. The van der Waals surface area contributed by atoms with Crippen molar-refractivity contribution in [2.45, 2.75) is 58.4 Å². The van der Waals surface area contributed by atoms with Gasteiger partial charge in [-0.1, -0.05) is 45.6 Å². The Hall–Kier alpha value is -0.890. The monoisotopic (exact) mass is 234 g/mol. The Morgan fingerprint density at radius 1 is 1.18 bits per heavy atom. The molecule has 0 saturated heterocycles. The maximum Gasteiger partial charge on any atom is 0.0419 e. The van der Waals surface area contributed by atoms with Crippen LogP contribution in [0.3, 0.4) is 0 Å². The van der Waals surface area contributed by atoms with E-state index in [1.165, 1.54) is 37.8 Å². The van der Waals surface area contributed by atoms with Gasteiger partial charge in [0.15, 0.2) is 0 Å². The summed E-state index contributed by atoms with van der Waals surface area (Å²) in [4.78, 5) is 4.41. The number of nitrogens with one attached hydrogen (secondary N) is 1. The fourth-order valence-corrected chi connectivity index (χ4v) is 2.15. The van der Waals surface area contributed by atoms with Crippen LogP contribution in [0.5, 0.6) is 0 Å². The van der Waals surface area contributed by atoms with Crippen LogP contribution in [-0.4, -0.2) is 17.6 Å². The van der Waals surface area contributed by atoms with Crippen LogP contribution in [0.15, 0.2) is 24.4 Å². The molecule has 1 N–H and O–H groups in total. The standard InChI is InChI=1S/C15H26N2/c1-3-5-6-7-10-14(16-4-2)13-15-11-8-9-12-17-15/h8-9,11-12,14,16H,3-7,10,13H2,1-2H3. The molecule has 2 nitrogen and oxygen atoms in total. The smallest absolute Gasteiger partial charge is 0.0419 e. The molecule has 0 radical (unpaired) electrons. The van der Waals surface area contributed by atoms with Gasteiger partial charge in [0, 0.05) is 24.4 Å². The van der Waals surface area contributed by atoms with Crippen LogP contribution in [0.2, 0.25) is 0 Å². The number of hydrogen-bond acceptors (Lipinski definition) is 2. The van der Waals surface area contributed by atoms with Gasteiger partial charge in [-0.3, -0.25) is 4.98 Å². The zero-order valence-corrected chi connectivity index (χ0v) is 11.3. The van der Waals surface area contributed by atoms with Crippen LogP contribution in [0.1, 0.15) is 51.6 Å². The summed E-state index contributed by atoms with van der Waals surface area (Å²) in [6.45, 7) is 5.48. The van der Waals surface area contributed by atoms with Crippen molar-refractivity contribution >= 4 is 0 Å². The van der Waals surface area contributed by atoms with E-state index in [4.69, 9.17) is 0 Å². The van der Waals surface area contributed by atoms with Crippen LogP contribution in [-0.2, 0) is 6.42 Å². The zero-order chi connectivity index (χ0) is 12.3. The number of aromatic nitrogens is 1. The molecule has 1 aromatic rings. The highest BCUT2D eigenvalue weighted by molar-refractivity contribution is 5.05. The lowest BCUT2D eigenvalue weighted by Gasteiger charge is -2.17. The van der Waals surface area contributed by atoms with Gasteiger partial charge in [0.1, 0.15) is 0 Å². The van der Waals surface area contributed by atoms with Crippen LogP contribution >= 0.6 is 0 Å². The fourth-order valence-electron chi connectivity index (χ4n) is 2.15. The molecule has 0 amide bonds. The third-order valence-corrected chi connectivity index (χ3v) is 3.08. The van der Waals surface area contributed by atoms with Crippen molar-refractivity contribution < 1.29 is 0 Å². The summed E-state index contributed by atoms with van der Waals surface area (Å²) in [6, 6.07) is 6.76. The van der Waals surface area contributed by atoms with E-state index < -0.39 is 0 Å². The molecule has 1 aromatic heterocycles. The normalized spacial score (nSPS) is 12.6. The van der Waals surface area contributed by atoms with Crippen LogP contribution in [0.4, 0.5) is 0 Å². The first-order valence-electron chi connectivity index (χ1n) is 7.00. The Balaban J connectivity index is 2.32. The SMILES string of the molecule is CCCCCCC(Cc1ccccn1)NCC. The summed E-state index contributed by atoms with van der Waals surface area (Å²) in [6.07, 6.45) is 9.58. The Bertz CT molecular complexity index is 272. The van der Waals surface area contributed by atoms with E-state index in [2.05, 4.69) is 36.3 Å². The van der Waals surface area contributed by atoms with Gasteiger partial charge in [-0.2, -0.15) is 0 Å². The number of likely N-dealkylation sites (N-methyl/N-ethyl adjacent to an activating group) is 1. The minimum Gasteiger partial charge on any atom is -0.314 e. The molecule has 17 heavy (non-hydrogen) atoms. The number of pyridine rings is 1. The first kappa shape index (κ1) is 14.2. The molecule has 2 heteroatoms. The van der Waals surface area contributed by atoms with E-state index in [9.17, 15) is 0 Å². The van der Waals surface area contributed by atoms with E-state index in [0.29, 0.717) is 6.04 Å². The Kier molecular flexibility index (Phi) is 7.65. The molecule has 1 unspecified atom stereocenters. The molecule has 0 spiro atoms. The van der Waals surface area contributed by atoms with E-state index in [-0.39, 0.29) is 0 Å². The highest BCUT2D eigenvalue weighted by Crippen LogP contribution is 2.09. The minimum absolute atomic E-state index is 0.590. The zero-order valence-electron chi connectivity index (χ0n) is 11.3. The summed E-state index contributed by atoms with van der Waals surface area (Å²) in [7, 11) is 0. The Morgan fingerprint density at radius 3 is 2.71 bits per heavy atom. The lowest BCUT2D eigenvalue weighted by atomic mass is 10.0. The molecular weight excluding hydrogens is 208 g/mol. The quantitative estimate of drug-likeness (QED) is 0.661. The van der Waals surface area contributed by atoms with Crippen molar-refractivity contribution in [1.29, 1.82) is 0 Å². The second-order valence-corrected chi connectivity index (χ2v) is 4.63. The topological polar surface area (TPSA) is 24.9 Å². The Labute approximate surface area is 106 Å². The summed E-state index contributed by atoms with van der Waals surface area (Å²) in [5.74, 6) is 0. The fraction of sp³-hybridized carbons (Fsp3) is 0.667. The molecule has 0 aliphatic heterocycles. The van der Waals surface area contributed by atoms with Gasteiger partial charge in [-0.15, -0.1) is 0 Å². The Morgan fingerprint density at radius 2 is 2.06 bits per heavy atom. The van der Waals surface area contributed by atoms with Crippen molar-refractivity contribution in [2.75, 3.05) is 6.54 Å². The predicted molar refractivity (Wildman–Crippen MR) is 74.2 cm³/mol. The van der Waals surface area contributed by atoms with Crippen LogP contribution in [0, 0.1) is 0 Å². The number of unbranched alkanes of at least 4 members (excludes halogenated alkanes) is 3. The van der Waals surface area contributed by atoms with Crippen molar-refractivity contribution in [3.05, 3.63) is 30.1 Å². The highest BCUT2D eigenvalue weighted by atomic mass is 14.9. The van der Waals surface area contributed by atoms with Gasteiger partial charge in [0.05, 0.1) is 0 Å². The van der Waals surface area contributed by atoms with E-state index in [0.717, 1.165) is 13.0 Å². The van der Waals surface area contributed by atoms with Crippen molar-refractivity contribution in [1.82, 2.24) is 10.3 Å². The van der Waals surface area contributed by atoms with Gasteiger partial charge in [0.25, 0.3) is 0 Å². The molecule has 0 aliphatic rings. The maximum atomic E-state index is 4.41. The van der Waals surface area contributed by atoms with E-state index in [1.54, 1.807) is 0 Å². The number of rotatable bonds is 9. The van der Waals surface area contributed by atoms with Gasteiger partial charge in [-0.25, -0.2) is 0 Å². The molecule has 1 heterocycles. The van der Waals surface area contributed by atoms with E-state index in [1.807, 2.05) is 12.3 Å². The molecule has 1 atom stereocenters. The second kappa shape index (κ2) is 9.17. The average Bonchev–Trinajstić information content (AvgIpc) is 2.36. The van der Waals surface area contributed by atoms with Gasteiger partial charge >= 0.3 is 0 Å². The van der Waals surface area contributed by atoms with Crippen LogP contribution < -0.4 is 5.32 Å². The molecule has 1 rings (SSSR count). The van der Waals surface area contributed by atoms with Gasteiger partial charge in [0.2, 0.25) is 0 Å².